The number of pyridine rings is 1. The third-order valence-electron chi connectivity index (χ3n) is 5.53. The molecule has 0 aliphatic carbocycles. The minimum atomic E-state index is -3.86. The molecule has 0 atom stereocenters. The molecule has 8 nitrogen and oxygen atoms in total. The summed E-state index contributed by atoms with van der Waals surface area (Å²) in [5.74, 6) is 0.457. The average molecular weight is 520 g/mol. The second kappa shape index (κ2) is 9.05. The maximum atomic E-state index is 13.7. The maximum Gasteiger partial charge on any atom is 0.290 e. The van der Waals surface area contributed by atoms with Crippen molar-refractivity contribution in [2.75, 3.05) is 26.7 Å². The number of nitrogens with zero attached hydrogens (tertiary/aromatic N) is 3. The van der Waals surface area contributed by atoms with Crippen LogP contribution < -0.4 is 4.74 Å². The minimum Gasteiger partial charge on any atom is -0.492 e. The molecule has 2 aliphatic rings. The molecule has 0 unspecified atom stereocenters. The first-order valence-electron chi connectivity index (χ1n) is 9.99. The zero-order valence-electron chi connectivity index (χ0n) is 17.4. The Kier molecular flexibility index (Phi) is 6.36. The molecule has 5 rings (SSSR count). The lowest BCUT2D eigenvalue weighted by atomic mass is 10.0. The normalized spacial score (nSPS) is 16.0. The second-order valence-corrected chi connectivity index (χ2v) is 10.3. The molecule has 0 amide bonds. The highest BCUT2D eigenvalue weighted by atomic mass is 79.9. The summed E-state index contributed by atoms with van der Waals surface area (Å²) in [6, 6.07) is 7.11. The van der Waals surface area contributed by atoms with Crippen molar-refractivity contribution < 1.29 is 23.1 Å². The number of fused-ring (bicyclic) bond motifs is 2. The van der Waals surface area contributed by atoms with Gasteiger partial charge in [-0.25, -0.2) is 12.4 Å². The van der Waals surface area contributed by atoms with Crippen LogP contribution in [0.15, 0.2) is 52.1 Å². The Morgan fingerprint density at radius 3 is 2.78 bits per heavy atom. The van der Waals surface area contributed by atoms with Gasteiger partial charge in [0.2, 0.25) is 0 Å². The van der Waals surface area contributed by atoms with Crippen molar-refractivity contribution in [1.82, 2.24) is 13.9 Å². The van der Waals surface area contributed by atoms with Crippen LogP contribution in [0, 0.1) is 0 Å². The van der Waals surface area contributed by atoms with E-state index >= 15 is 0 Å². The van der Waals surface area contributed by atoms with Crippen molar-refractivity contribution in [2.24, 2.45) is 0 Å². The molecular weight excluding hydrogens is 498 g/mol. The SMILES string of the molecule is CN1CC=C(c2cn(S(=O)(=O)c3cc(Br)cc4c3OCC4)c3cccnc23)CC1.O=CO. The molecule has 0 saturated carbocycles. The summed E-state index contributed by atoms with van der Waals surface area (Å²) in [5, 5.41) is 6.89. The van der Waals surface area contributed by atoms with Gasteiger partial charge in [-0.1, -0.05) is 22.0 Å². The Balaban J connectivity index is 0.000000775. The van der Waals surface area contributed by atoms with E-state index < -0.39 is 10.0 Å². The molecule has 0 fully saturated rings. The van der Waals surface area contributed by atoms with Crippen LogP contribution in [0.1, 0.15) is 17.5 Å². The van der Waals surface area contributed by atoms with E-state index in [4.69, 9.17) is 14.6 Å². The predicted molar refractivity (Wildman–Crippen MR) is 124 cm³/mol. The lowest BCUT2D eigenvalue weighted by Crippen LogP contribution is -2.23. The van der Waals surface area contributed by atoms with Gasteiger partial charge in [0.1, 0.15) is 10.6 Å². The number of hydrogen-bond donors (Lipinski definition) is 1. The summed E-state index contributed by atoms with van der Waals surface area (Å²) >= 11 is 3.45. The summed E-state index contributed by atoms with van der Waals surface area (Å²) in [4.78, 5) is 15.3. The fourth-order valence-corrected chi connectivity index (χ4v) is 6.23. The molecule has 2 aliphatic heterocycles. The number of hydrogen-bond acceptors (Lipinski definition) is 6. The fourth-order valence-electron chi connectivity index (χ4n) is 4.01. The monoisotopic (exact) mass is 519 g/mol. The number of carbonyl (C=O) groups is 1. The Hall–Kier alpha value is -2.69. The zero-order valence-corrected chi connectivity index (χ0v) is 19.8. The highest BCUT2D eigenvalue weighted by Gasteiger charge is 2.30. The van der Waals surface area contributed by atoms with Crippen LogP contribution in [-0.4, -0.2) is 60.6 Å². The Labute approximate surface area is 194 Å². The molecule has 0 spiro atoms. The third-order valence-corrected chi connectivity index (χ3v) is 7.67. The van der Waals surface area contributed by atoms with E-state index in [0.717, 1.165) is 40.7 Å². The van der Waals surface area contributed by atoms with Gasteiger partial charge in [0, 0.05) is 47.5 Å². The first-order valence-corrected chi connectivity index (χ1v) is 12.2. The first-order chi connectivity index (χ1) is 15.4. The quantitative estimate of drug-likeness (QED) is 0.529. The maximum absolute atomic E-state index is 13.7. The number of ether oxygens (including phenoxy) is 1. The number of likely N-dealkylation sites (N-methyl/N-ethyl adjacent to an activating group) is 1. The van der Waals surface area contributed by atoms with Gasteiger partial charge in [-0.15, -0.1) is 0 Å². The molecular formula is C22H22BrN3O5S. The molecule has 32 heavy (non-hydrogen) atoms. The molecule has 0 bridgehead atoms. The minimum absolute atomic E-state index is 0.184. The smallest absolute Gasteiger partial charge is 0.290 e. The number of benzene rings is 1. The van der Waals surface area contributed by atoms with E-state index in [2.05, 4.69) is 38.9 Å². The van der Waals surface area contributed by atoms with Gasteiger partial charge in [0.15, 0.2) is 0 Å². The van der Waals surface area contributed by atoms with Crippen molar-refractivity contribution in [1.29, 1.82) is 0 Å². The largest absolute Gasteiger partial charge is 0.492 e. The van der Waals surface area contributed by atoms with Crippen molar-refractivity contribution >= 4 is 49.0 Å². The van der Waals surface area contributed by atoms with E-state index in [1.165, 1.54) is 3.97 Å². The summed E-state index contributed by atoms with van der Waals surface area (Å²) in [7, 11) is -1.78. The van der Waals surface area contributed by atoms with Crippen LogP contribution >= 0.6 is 15.9 Å². The van der Waals surface area contributed by atoms with Crippen LogP contribution in [0.2, 0.25) is 0 Å². The Bertz CT molecular complexity index is 1320. The van der Waals surface area contributed by atoms with Crippen LogP contribution in [0.25, 0.3) is 16.6 Å². The van der Waals surface area contributed by atoms with E-state index in [1.807, 2.05) is 6.07 Å². The lowest BCUT2D eigenvalue weighted by Gasteiger charge is -2.21. The average Bonchev–Trinajstić information content (AvgIpc) is 3.39. The lowest BCUT2D eigenvalue weighted by molar-refractivity contribution is -0.122. The van der Waals surface area contributed by atoms with Gasteiger partial charge in [-0.2, -0.15) is 0 Å². The standard InChI is InChI=1S/C21H20BrN3O3S.CH2O2/c1-24-8-4-14(5-9-24)17-13-25(18-3-2-7-23-20(17)18)29(26,27)19-12-16(22)11-15-6-10-28-21(15)19;2-1-3/h2-4,7,11-13H,5-6,8-10H2,1H3;1H,(H,2,3). The van der Waals surface area contributed by atoms with Crippen LogP contribution in [-0.2, 0) is 21.2 Å². The molecule has 2 aromatic heterocycles. The molecule has 1 N–H and O–H groups in total. The molecule has 0 saturated heterocycles. The molecule has 0 radical (unpaired) electrons. The van der Waals surface area contributed by atoms with Gasteiger partial charge in [0.05, 0.1) is 17.6 Å². The van der Waals surface area contributed by atoms with Crippen LogP contribution in [0.4, 0.5) is 0 Å². The molecule has 4 heterocycles. The predicted octanol–water partition coefficient (Wildman–Crippen LogP) is 3.39. The van der Waals surface area contributed by atoms with E-state index in [0.29, 0.717) is 29.8 Å². The zero-order chi connectivity index (χ0) is 22.9. The highest BCUT2D eigenvalue weighted by Crippen LogP contribution is 2.39. The summed E-state index contributed by atoms with van der Waals surface area (Å²) in [6.45, 7) is 2.02. The summed E-state index contributed by atoms with van der Waals surface area (Å²) in [6.07, 6.45) is 7.15. The third kappa shape index (κ3) is 4.05. The topological polar surface area (TPSA) is 102 Å². The van der Waals surface area contributed by atoms with Crippen molar-refractivity contribution in [3.05, 3.63) is 58.3 Å². The van der Waals surface area contributed by atoms with Crippen molar-refractivity contribution in [3.63, 3.8) is 0 Å². The Morgan fingerprint density at radius 1 is 1.28 bits per heavy atom. The van der Waals surface area contributed by atoms with Gasteiger partial charge in [0.25, 0.3) is 16.5 Å². The van der Waals surface area contributed by atoms with Gasteiger partial charge in [-0.3, -0.25) is 9.78 Å². The van der Waals surface area contributed by atoms with E-state index in [1.54, 1.807) is 30.6 Å². The molecule has 168 valence electrons. The fraction of sp³-hybridized carbons (Fsp3) is 0.273. The number of carboxylic acid groups (broad SMARTS) is 1. The van der Waals surface area contributed by atoms with Gasteiger partial charge < -0.3 is 14.7 Å². The second-order valence-electron chi connectivity index (χ2n) is 7.55. The van der Waals surface area contributed by atoms with Crippen LogP contribution in [0.3, 0.4) is 0 Å². The highest BCUT2D eigenvalue weighted by molar-refractivity contribution is 9.10. The van der Waals surface area contributed by atoms with Crippen LogP contribution in [0.5, 0.6) is 5.75 Å². The van der Waals surface area contributed by atoms with E-state index in [-0.39, 0.29) is 11.4 Å². The molecule has 3 aromatic rings. The van der Waals surface area contributed by atoms with E-state index in [9.17, 15) is 8.42 Å². The number of aromatic nitrogens is 2. The molecule has 1 aromatic carbocycles. The Morgan fingerprint density at radius 2 is 2.06 bits per heavy atom. The number of halogens is 1. The van der Waals surface area contributed by atoms with Gasteiger partial charge in [-0.05, 0) is 43.3 Å². The number of rotatable bonds is 3. The summed E-state index contributed by atoms with van der Waals surface area (Å²) in [5.41, 5.74) is 4.21. The summed E-state index contributed by atoms with van der Waals surface area (Å²) < 4.78 is 35.2. The van der Waals surface area contributed by atoms with Crippen molar-refractivity contribution in [3.8, 4) is 5.75 Å². The first kappa shape index (κ1) is 22.5. The van der Waals surface area contributed by atoms with Gasteiger partial charge >= 0.3 is 0 Å². The van der Waals surface area contributed by atoms with Crippen molar-refractivity contribution in [2.45, 2.75) is 17.7 Å². The molecule has 10 heteroatoms.